The standard InChI is InChI=1S/C12H16ClN3O/c13-10-3-1-2-4-11(10)15-9-12(17)16-7-5-14-6-8-16/h1-4,14-15H,5-9H2. The number of hydrogen-bond donors (Lipinski definition) is 2. The Morgan fingerprint density at radius 2 is 2.06 bits per heavy atom. The number of nitrogens with zero attached hydrogens (tertiary/aromatic N) is 1. The van der Waals surface area contributed by atoms with Gasteiger partial charge in [-0.25, -0.2) is 0 Å². The van der Waals surface area contributed by atoms with Crippen molar-refractivity contribution in [2.24, 2.45) is 0 Å². The molecule has 0 spiro atoms. The minimum Gasteiger partial charge on any atom is -0.375 e. The van der Waals surface area contributed by atoms with Gasteiger partial charge in [0.15, 0.2) is 0 Å². The van der Waals surface area contributed by atoms with E-state index < -0.39 is 0 Å². The summed E-state index contributed by atoms with van der Waals surface area (Å²) < 4.78 is 0. The monoisotopic (exact) mass is 253 g/mol. The number of anilines is 1. The van der Waals surface area contributed by atoms with E-state index in [1.807, 2.05) is 23.1 Å². The Kier molecular flexibility index (Phi) is 4.23. The summed E-state index contributed by atoms with van der Waals surface area (Å²) in [5, 5.41) is 6.92. The molecule has 0 aliphatic carbocycles. The van der Waals surface area contributed by atoms with Gasteiger partial charge in [-0.3, -0.25) is 4.79 Å². The maximum Gasteiger partial charge on any atom is 0.241 e. The van der Waals surface area contributed by atoms with Gasteiger partial charge in [0, 0.05) is 26.2 Å². The summed E-state index contributed by atoms with van der Waals surface area (Å²) in [4.78, 5) is 13.7. The molecular weight excluding hydrogens is 238 g/mol. The third-order valence-corrected chi connectivity index (χ3v) is 3.10. The first-order chi connectivity index (χ1) is 8.27. The zero-order valence-corrected chi connectivity index (χ0v) is 10.3. The lowest BCUT2D eigenvalue weighted by Gasteiger charge is -2.27. The Bertz CT molecular complexity index is 391. The molecule has 1 fully saturated rings. The van der Waals surface area contributed by atoms with E-state index in [9.17, 15) is 4.79 Å². The molecule has 1 saturated heterocycles. The van der Waals surface area contributed by atoms with Crippen molar-refractivity contribution in [2.45, 2.75) is 0 Å². The van der Waals surface area contributed by atoms with Gasteiger partial charge in [0.2, 0.25) is 5.91 Å². The Labute approximate surface area is 106 Å². The highest BCUT2D eigenvalue weighted by Crippen LogP contribution is 2.19. The van der Waals surface area contributed by atoms with Crippen molar-refractivity contribution in [2.75, 3.05) is 38.0 Å². The largest absolute Gasteiger partial charge is 0.375 e. The van der Waals surface area contributed by atoms with E-state index in [1.165, 1.54) is 0 Å². The summed E-state index contributed by atoms with van der Waals surface area (Å²) in [5.74, 6) is 0.117. The molecule has 5 heteroatoms. The predicted molar refractivity (Wildman–Crippen MR) is 69.4 cm³/mol. The molecule has 0 bridgehead atoms. The molecule has 0 radical (unpaired) electrons. The molecule has 1 aromatic rings. The number of benzene rings is 1. The van der Waals surface area contributed by atoms with Gasteiger partial charge in [0.25, 0.3) is 0 Å². The maximum absolute atomic E-state index is 11.9. The Morgan fingerprint density at radius 3 is 2.76 bits per heavy atom. The van der Waals surface area contributed by atoms with Crippen LogP contribution in [0.15, 0.2) is 24.3 Å². The maximum atomic E-state index is 11.9. The number of para-hydroxylation sites is 1. The van der Waals surface area contributed by atoms with E-state index in [2.05, 4.69) is 10.6 Å². The molecule has 92 valence electrons. The SMILES string of the molecule is O=C(CNc1ccccc1Cl)N1CCNCC1. The third kappa shape index (κ3) is 3.35. The second-order valence-electron chi connectivity index (χ2n) is 3.96. The number of amides is 1. The van der Waals surface area contributed by atoms with Gasteiger partial charge in [-0.1, -0.05) is 23.7 Å². The summed E-state index contributed by atoms with van der Waals surface area (Å²) >= 11 is 6.00. The van der Waals surface area contributed by atoms with Crippen LogP contribution in [0.3, 0.4) is 0 Å². The summed E-state index contributed by atoms with van der Waals surface area (Å²) in [6.07, 6.45) is 0. The van der Waals surface area contributed by atoms with Crippen molar-refractivity contribution in [3.8, 4) is 0 Å². The Hall–Kier alpha value is -1.26. The molecule has 0 aromatic heterocycles. The number of nitrogens with one attached hydrogen (secondary N) is 2. The van der Waals surface area contributed by atoms with Crippen LogP contribution in [0.25, 0.3) is 0 Å². The van der Waals surface area contributed by atoms with E-state index in [-0.39, 0.29) is 5.91 Å². The summed E-state index contributed by atoms with van der Waals surface area (Å²) in [6.45, 7) is 3.60. The number of carbonyl (C=O) groups is 1. The second-order valence-corrected chi connectivity index (χ2v) is 4.37. The lowest BCUT2D eigenvalue weighted by molar-refractivity contribution is -0.129. The van der Waals surface area contributed by atoms with Gasteiger partial charge in [0.1, 0.15) is 0 Å². The smallest absolute Gasteiger partial charge is 0.241 e. The van der Waals surface area contributed by atoms with E-state index in [0.29, 0.717) is 11.6 Å². The fraction of sp³-hybridized carbons (Fsp3) is 0.417. The number of hydrogen-bond acceptors (Lipinski definition) is 3. The number of rotatable bonds is 3. The summed E-state index contributed by atoms with van der Waals surface area (Å²) in [5.41, 5.74) is 0.803. The van der Waals surface area contributed by atoms with Crippen LogP contribution >= 0.6 is 11.6 Å². The Morgan fingerprint density at radius 1 is 1.35 bits per heavy atom. The van der Waals surface area contributed by atoms with Crippen LogP contribution < -0.4 is 10.6 Å². The van der Waals surface area contributed by atoms with Gasteiger partial charge in [0.05, 0.1) is 17.3 Å². The van der Waals surface area contributed by atoms with Crippen molar-refractivity contribution in [3.05, 3.63) is 29.3 Å². The second kappa shape index (κ2) is 5.89. The first-order valence-corrected chi connectivity index (χ1v) is 6.12. The van der Waals surface area contributed by atoms with Crippen molar-refractivity contribution >= 4 is 23.2 Å². The molecule has 1 aliphatic rings. The molecule has 1 aliphatic heterocycles. The van der Waals surface area contributed by atoms with Crippen molar-refractivity contribution in [3.63, 3.8) is 0 Å². The van der Waals surface area contributed by atoms with Crippen LogP contribution in [-0.2, 0) is 4.79 Å². The minimum atomic E-state index is 0.117. The molecule has 0 saturated carbocycles. The van der Waals surface area contributed by atoms with Crippen molar-refractivity contribution in [1.82, 2.24) is 10.2 Å². The van der Waals surface area contributed by atoms with Crippen LogP contribution in [0.4, 0.5) is 5.69 Å². The number of piperazine rings is 1. The van der Waals surface area contributed by atoms with Crippen LogP contribution in [0, 0.1) is 0 Å². The molecule has 1 amide bonds. The third-order valence-electron chi connectivity index (χ3n) is 2.77. The highest BCUT2D eigenvalue weighted by atomic mass is 35.5. The molecule has 17 heavy (non-hydrogen) atoms. The summed E-state index contributed by atoms with van der Waals surface area (Å²) in [7, 11) is 0. The van der Waals surface area contributed by atoms with Gasteiger partial charge in [-0.2, -0.15) is 0 Å². The lowest BCUT2D eigenvalue weighted by atomic mass is 10.3. The number of carbonyl (C=O) groups excluding carboxylic acids is 1. The van der Waals surface area contributed by atoms with Crippen LogP contribution in [-0.4, -0.2) is 43.5 Å². The first-order valence-electron chi connectivity index (χ1n) is 5.74. The van der Waals surface area contributed by atoms with E-state index >= 15 is 0 Å². The molecular formula is C12H16ClN3O. The molecule has 1 aromatic carbocycles. The average Bonchev–Trinajstić information content (AvgIpc) is 2.38. The topological polar surface area (TPSA) is 44.4 Å². The van der Waals surface area contributed by atoms with E-state index in [1.54, 1.807) is 6.07 Å². The molecule has 2 N–H and O–H groups in total. The normalized spacial score (nSPS) is 15.7. The van der Waals surface area contributed by atoms with Crippen LogP contribution in [0.1, 0.15) is 0 Å². The fourth-order valence-corrected chi connectivity index (χ4v) is 2.00. The van der Waals surface area contributed by atoms with Gasteiger partial charge in [-0.15, -0.1) is 0 Å². The Balaban J connectivity index is 1.85. The quantitative estimate of drug-likeness (QED) is 0.851. The highest BCUT2D eigenvalue weighted by molar-refractivity contribution is 6.33. The van der Waals surface area contributed by atoms with Crippen molar-refractivity contribution < 1.29 is 4.79 Å². The molecule has 4 nitrogen and oxygen atoms in total. The fourth-order valence-electron chi connectivity index (χ4n) is 1.80. The zero-order chi connectivity index (χ0) is 12.1. The highest BCUT2D eigenvalue weighted by Gasteiger charge is 2.15. The molecule has 1 heterocycles. The molecule has 0 atom stereocenters. The minimum absolute atomic E-state index is 0.117. The number of halogens is 1. The predicted octanol–water partition coefficient (Wildman–Crippen LogP) is 1.18. The molecule has 2 rings (SSSR count). The van der Waals surface area contributed by atoms with Crippen LogP contribution in [0.5, 0.6) is 0 Å². The van der Waals surface area contributed by atoms with Crippen molar-refractivity contribution in [1.29, 1.82) is 0 Å². The zero-order valence-electron chi connectivity index (χ0n) is 9.58. The van der Waals surface area contributed by atoms with E-state index in [0.717, 1.165) is 31.9 Å². The van der Waals surface area contributed by atoms with Gasteiger partial charge < -0.3 is 15.5 Å². The van der Waals surface area contributed by atoms with Crippen LogP contribution in [0.2, 0.25) is 5.02 Å². The van der Waals surface area contributed by atoms with E-state index in [4.69, 9.17) is 11.6 Å². The van der Waals surface area contributed by atoms with Gasteiger partial charge >= 0.3 is 0 Å². The van der Waals surface area contributed by atoms with Gasteiger partial charge in [-0.05, 0) is 12.1 Å². The summed E-state index contributed by atoms with van der Waals surface area (Å²) in [6, 6.07) is 7.43. The first kappa shape index (κ1) is 12.2. The lowest BCUT2D eigenvalue weighted by Crippen LogP contribution is -2.48. The molecule has 0 unspecified atom stereocenters. The average molecular weight is 254 g/mol.